The van der Waals surface area contributed by atoms with E-state index in [1.54, 1.807) is 24.3 Å². The number of carboxylic acids is 3. The molecule has 1 rings (SSSR count). The molecule has 0 aliphatic rings. The summed E-state index contributed by atoms with van der Waals surface area (Å²) in [5.41, 5.74) is -2.48. The number of carbonyl (C=O) groups is 5. The van der Waals surface area contributed by atoms with E-state index in [1.165, 1.54) is 31.8 Å². The first-order valence-corrected chi connectivity index (χ1v) is 19.0. The summed E-state index contributed by atoms with van der Waals surface area (Å²) in [5.74, 6) is -1.10. The zero-order chi connectivity index (χ0) is 38.6. The van der Waals surface area contributed by atoms with Gasteiger partial charge in [0, 0.05) is 25.7 Å². The third kappa shape index (κ3) is 20.0. The van der Waals surface area contributed by atoms with E-state index in [-0.39, 0.29) is 18.8 Å². The van der Waals surface area contributed by atoms with Gasteiger partial charge in [0.25, 0.3) is 0 Å². The first-order valence-electron chi connectivity index (χ1n) is 19.0. The summed E-state index contributed by atoms with van der Waals surface area (Å²) in [5, 5.41) is 42.3. The molecule has 5 N–H and O–H groups in total. The number of nitrogens with one attached hydrogen (secondary N) is 1. The fourth-order valence-corrected chi connectivity index (χ4v) is 5.73. The molecule has 290 valence electrons. The quantitative estimate of drug-likeness (QED) is 0.0306. The predicted octanol–water partition coefficient (Wildman–Crippen LogP) is 7.27. The van der Waals surface area contributed by atoms with E-state index in [1.807, 2.05) is 0 Å². The predicted molar refractivity (Wildman–Crippen MR) is 200 cm³/mol. The van der Waals surface area contributed by atoms with Gasteiger partial charge in [-0.15, -0.1) is 0 Å². The van der Waals surface area contributed by atoms with Crippen molar-refractivity contribution in [3.05, 3.63) is 42.0 Å². The fraction of sp³-hybridized carbons (Fsp3) is 0.634. The van der Waals surface area contributed by atoms with Crippen molar-refractivity contribution in [2.45, 2.75) is 154 Å². The van der Waals surface area contributed by atoms with Gasteiger partial charge in [-0.1, -0.05) is 114 Å². The monoisotopic (exact) mass is 727 g/mol. The van der Waals surface area contributed by atoms with E-state index in [0.29, 0.717) is 37.0 Å². The Morgan fingerprint density at radius 1 is 0.788 bits per heavy atom. The lowest BCUT2D eigenvalue weighted by molar-refractivity contribution is -0.172. The van der Waals surface area contributed by atoms with Crippen LogP contribution >= 0.6 is 0 Å². The first kappa shape index (κ1) is 45.9. The van der Waals surface area contributed by atoms with Gasteiger partial charge in [0.2, 0.25) is 5.91 Å². The molecule has 1 amide bonds. The minimum Gasteiger partial charge on any atom is -0.481 e. The van der Waals surface area contributed by atoms with Crippen LogP contribution in [0.15, 0.2) is 36.4 Å². The average molecular weight is 728 g/mol. The number of rotatable bonds is 30. The van der Waals surface area contributed by atoms with Crippen molar-refractivity contribution < 1.29 is 49.1 Å². The minimum absolute atomic E-state index is 0.165. The molecule has 3 atom stereocenters. The normalized spacial score (nSPS) is 13.4. The van der Waals surface area contributed by atoms with Crippen LogP contribution < -0.4 is 10.1 Å². The van der Waals surface area contributed by atoms with Gasteiger partial charge in [-0.25, -0.2) is 9.59 Å². The van der Waals surface area contributed by atoms with Gasteiger partial charge >= 0.3 is 17.9 Å². The molecule has 0 saturated heterocycles. The van der Waals surface area contributed by atoms with Gasteiger partial charge in [0.15, 0.2) is 5.60 Å². The van der Waals surface area contributed by atoms with Gasteiger partial charge in [-0.2, -0.15) is 0 Å². The van der Waals surface area contributed by atoms with Crippen LogP contribution in [0.5, 0.6) is 5.75 Å². The molecular weight excluding hydrogens is 666 g/mol. The summed E-state index contributed by atoms with van der Waals surface area (Å²) in [7, 11) is 0. The van der Waals surface area contributed by atoms with E-state index < -0.39 is 47.8 Å². The molecule has 1 aromatic rings. The average Bonchev–Trinajstić information content (AvgIpc) is 3.10. The number of carbonyl (C=O) groups excluding carboxylic acids is 2. The van der Waals surface area contributed by atoms with Crippen molar-refractivity contribution in [1.29, 1.82) is 0 Å². The van der Waals surface area contributed by atoms with Crippen LogP contribution in [0.25, 0.3) is 0 Å². The van der Waals surface area contributed by atoms with Crippen LogP contribution in [-0.4, -0.2) is 68.3 Å². The number of hydrogen-bond acceptors (Lipinski definition) is 7. The molecule has 11 heteroatoms. The summed E-state index contributed by atoms with van der Waals surface area (Å²) in [6, 6.07) is 5.08. The number of Topliss-reactive ketones (excluding diaryl/α,β-unsaturated/α-hetero) is 1. The summed E-state index contributed by atoms with van der Waals surface area (Å²) >= 11 is 0. The Kier molecular flexibility index (Phi) is 24.2. The Hall–Kier alpha value is -4.17. The summed E-state index contributed by atoms with van der Waals surface area (Å²) in [4.78, 5) is 61.2. The van der Waals surface area contributed by atoms with Crippen molar-refractivity contribution in [3.8, 4) is 17.6 Å². The van der Waals surface area contributed by atoms with E-state index >= 15 is 0 Å². The molecule has 0 aliphatic carbocycles. The van der Waals surface area contributed by atoms with E-state index in [9.17, 15) is 44.4 Å². The summed E-state index contributed by atoms with van der Waals surface area (Å²) in [6.07, 6.45) is 17.9. The second kappa shape index (κ2) is 27.5. The van der Waals surface area contributed by atoms with Crippen LogP contribution in [-0.2, 0) is 30.4 Å². The second-order valence-electron chi connectivity index (χ2n) is 13.4. The maximum absolute atomic E-state index is 13.4. The second-order valence-corrected chi connectivity index (χ2v) is 13.4. The van der Waals surface area contributed by atoms with Crippen molar-refractivity contribution >= 4 is 29.6 Å². The van der Waals surface area contributed by atoms with Crippen LogP contribution in [0.2, 0.25) is 0 Å². The zero-order valence-electron chi connectivity index (χ0n) is 31.2. The first-order chi connectivity index (χ1) is 24.9. The molecule has 0 aliphatic heterocycles. The molecule has 0 radical (unpaired) electrons. The molecule has 0 fully saturated rings. The van der Waals surface area contributed by atoms with E-state index in [4.69, 9.17) is 4.74 Å². The van der Waals surface area contributed by atoms with Crippen molar-refractivity contribution in [2.24, 2.45) is 5.92 Å². The lowest BCUT2D eigenvalue weighted by atomic mass is 9.82. The maximum atomic E-state index is 13.4. The van der Waals surface area contributed by atoms with Gasteiger partial charge < -0.3 is 30.5 Å². The molecule has 0 saturated carbocycles. The smallest absolute Gasteiger partial charge is 0.337 e. The Morgan fingerprint density at radius 3 is 1.92 bits per heavy atom. The number of hydrogen-bond donors (Lipinski definition) is 5. The van der Waals surface area contributed by atoms with Crippen LogP contribution in [0.4, 0.5) is 0 Å². The maximum Gasteiger partial charge on any atom is 0.337 e. The fourth-order valence-electron chi connectivity index (χ4n) is 5.73. The minimum atomic E-state index is -3.02. The summed E-state index contributed by atoms with van der Waals surface area (Å²) < 4.78 is 5.64. The van der Waals surface area contributed by atoms with Crippen molar-refractivity contribution in [2.75, 3.05) is 6.61 Å². The molecule has 0 spiro atoms. The molecule has 1 aromatic carbocycles. The zero-order valence-corrected chi connectivity index (χ0v) is 31.2. The Bertz CT molecular complexity index is 1310. The Morgan fingerprint density at radius 2 is 1.37 bits per heavy atom. The Labute approximate surface area is 309 Å². The van der Waals surface area contributed by atoms with Gasteiger partial charge in [0.05, 0.1) is 12.3 Å². The summed E-state index contributed by atoms with van der Waals surface area (Å²) in [6.45, 7) is 4.53. The lowest BCUT2D eigenvalue weighted by Gasteiger charge is -2.29. The topological polar surface area (TPSA) is 188 Å². The van der Waals surface area contributed by atoms with E-state index in [0.717, 1.165) is 70.3 Å². The van der Waals surface area contributed by atoms with Gasteiger partial charge in [-0.05, 0) is 49.8 Å². The SMILES string of the molecule is CCCCCCCC#CCOc1ccc(CC(NC(=O)C(/C=C/CCCCCCC(=O)CCCCCCC)C(O)(CC(=O)O)C(=O)O)C(=O)O)cc1. The lowest BCUT2D eigenvalue weighted by Crippen LogP contribution is -2.55. The third-order valence-corrected chi connectivity index (χ3v) is 8.87. The number of unbranched alkanes of at least 4 members (excludes halogenated alkanes) is 13. The number of aliphatic hydroxyl groups is 1. The highest BCUT2D eigenvalue weighted by atomic mass is 16.5. The molecule has 0 aromatic heterocycles. The number of ketones is 1. The van der Waals surface area contributed by atoms with Crippen LogP contribution in [0, 0.1) is 17.8 Å². The van der Waals surface area contributed by atoms with E-state index in [2.05, 4.69) is 31.0 Å². The standard InChI is InChI=1S/C41H61NO10/c1-3-5-7-9-10-13-17-21-29-52-34-27-25-32(26-28-34)30-36(39(47)48)42-38(46)35(41(51,40(49)50)31-37(44)45)24-20-16-12-11-15-19-23-33(43)22-18-14-8-6-4-2/h20,24-28,35-36,51H,3-16,18-19,22-23,29-31H2,1-2H3,(H,42,46)(H,44,45)(H,47,48)(H,49,50)/b24-20+. The Balaban J connectivity index is 2.78. The number of carboxylic acid groups (broad SMARTS) is 3. The van der Waals surface area contributed by atoms with Gasteiger partial charge in [-0.3, -0.25) is 14.4 Å². The highest BCUT2D eigenvalue weighted by molar-refractivity contribution is 5.94. The van der Waals surface area contributed by atoms with Crippen LogP contribution in [0.1, 0.15) is 141 Å². The number of aliphatic carboxylic acids is 3. The van der Waals surface area contributed by atoms with Crippen LogP contribution in [0.3, 0.4) is 0 Å². The number of amides is 1. The number of allylic oxidation sites excluding steroid dienone is 1. The number of ether oxygens (including phenoxy) is 1. The van der Waals surface area contributed by atoms with Crippen molar-refractivity contribution in [3.63, 3.8) is 0 Å². The molecule has 52 heavy (non-hydrogen) atoms. The van der Waals surface area contributed by atoms with Crippen molar-refractivity contribution in [1.82, 2.24) is 5.32 Å². The highest BCUT2D eigenvalue weighted by Crippen LogP contribution is 2.26. The highest BCUT2D eigenvalue weighted by Gasteiger charge is 2.49. The molecule has 11 nitrogen and oxygen atoms in total. The number of benzene rings is 1. The molecule has 0 bridgehead atoms. The molecular formula is C41H61NO10. The molecule has 3 unspecified atom stereocenters. The van der Waals surface area contributed by atoms with Gasteiger partial charge in [0.1, 0.15) is 24.2 Å². The largest absolute Gasteiger partial charge is 0.481 e. The third-order valence-electron chi connectivity index (χ3n) is 8.87. The molecule has 0 heterocycles.